The van der Waals surface area contributed by atoms with Crippen molar-refractivity contribution < 1.29 is 14.6 Å². The topological polar surface area (TPSA) is 65.4 Å². The number of benzene rings is 2. The van der Waals surface area contributed by atoms with Gasteiger partial charge in [0.1, 0.15) is 5.82 Å². The maximum atomic E-state index is 13.4. The molecule has 1 aromatic heterocycles. The Bertz CT molecular complexity index is 996. The summed E-state index contributed by atoms with van der Waals surface area (Å²) in [7, 11) is 0. The van der Waals surface area contributed by atoms with Gasteiger partial charge in [0, 0.05) is 34.0 Å². The SMILES string of the molecule is OC(O)c1ccncc1NC[C@@H]1CCCc2cc(Sc3cccc(F)c3)ccc21. The molecule has 0 saturated carbocycles. The highest BCUT2D eigenvalue weighted by atomic mass is 32.2. The van der Waals surface area contributed by atoms with Gasteiger partial charge in [0.15, 0.2) is 6.29 Å². The summed E-state index contributed by atoms with van der Waals surface area (Å²) in [6.07, 6.45) is 4.87. The van der Waals surface area contributed by atoms with Crippen molar-refractivity contribution in [2.45, 2.75) is 41.3 Å². The van der Waals surface area contributed by atoms with E-state index in [9.17, 15) is 14.6 Å². The van der Waals surface area contributed by atoms with Gasteiger partial charge < -0.3 is 15.5 Å². The van der Waals surface area contributed by atoms with Crippen LogP contribution >= 0.6 is 11.8 Å². The Kier molecular flexibility index (Phi) is 6.13. The smallest absolute Gasteiger partial charge is 0.180 e. The molecule has 1 heterocycles. The number of aliphatic hydroxyl groups excluding tert-OH is 1. The number of pyridine rings is 1. The van der Waals surface area contributed by atoms with Gasteiger partial charge in [-0.25, -0.2) is 4.39 Å². The Hall–Kier alpha value is -2.41. The van der Waals surface area contributed by atoms with Crippen molar-refractivity contribution >= 4 is 17.4 Å². The van der Waals surface area contributed by atoms with Crippen molar-refractivity contribution in [3.8, 4) is 0 Å². The number of hydrogen-bond donors (Lipinski definition) is 3. The van der Waals surface area contributed by atoms with Crippen LogP contribution in [0.2, 0.25) is 0 Å². The Labute approximate surface area is 173 Å². The fraction of sp³-hybridized carbons (Fsp3) is 0.261. The fourth-order valence-electron chi connectivity index (χ4n) is 3.84. The molecule has 0 radical (unpaired) electrons. The standard InChI is InChI=1S/C23H23FN2O2S/c24-17-5-2-6-18(12-17)29-19-7-8-20-15(11-19)3-1-4-16(20)13-26-22-14-25-10-9-21(22)23(27)28/h2,5-12,14,16,23,26-28H,1,3-4,13H2/t16-/m0/s1. The summed E-state index contributed by atoms with van der Waals surface area (Å²) in [5, 5.41) is 22.4. The maximum Gasteiger partial charge on any atom is 0.180 e. The van der Waals surface area contributed by atoms with E-state index in [4.69, 9.17) is 0 Å². The fourth-order valence-corrected chi connectivity index (χ4v) is 4.77. The molecule has 0 aliphatic heterocycles. The van der Waals surface area contributed by atoms with E-state index in [1.54, 1.807) is 42.4 Å². The van der Waals surface area contributed by atoms with Crippen LogP contribution in [-0.4, -0.2) is 21.7 Å². The van der Waals surface area contributed by atoms with Gasteiger partial charge in [-0.1, -0.05) is 23.9 Å². The molecule has 1 atom stereocenters. The number of nitrogens with one attached hydrogen (secondary N) is 1. The normalized spacial score (nSPS) is 15.9. The molecule has 0 amide bonds. The molecule has 29 heavy (non-hydrogen) atoms. The molecule has 3 aromatic rings. The molecule has 0 fully saturated rings. The Morgan fingerprint density at radius 3 is 2.83 bits per heavy atom. The van der Waals surface area contributed by atoms with Gasteiger partial charge in [-0.15, -0.1) is 0 Å². The number of nitrogens with zero attached hydrogens (tertiary/aromatic N) is 1. The van der Waals surface area contributed by atoms with Crippen molar-refractivity contribution in [1.82, 2.24) is 4.98 Å². The lowest BCUT2D eigenvalue weighted by Crippen LogP contribution is -2.19. The molecule has 0 bridgehead atoms. The van der Waals surface area contributed by atoms with Gasteiger partial charge in [-0.2, -0.15) is 0 Å². The second kappa shape index (κ2) is 8.95. The number of aryl methyl sites for hydroxylation is 1. The summed E-state index contributed by atoms with van der Waals surface area (Å²) in [5.41, 5.74) is 3.73. The largest absolute Gasteiger partial charge is 0.383 e. The third-order valence-corrected chi connectivity index (χ3v) is 6.24. The van der Waals surface area contributed by atoms with Crippen LogP contribution in [0.4, 0.5) is 10.1 Å². The minimum Gasteiger partial charge on any atom is -0.383 e. The van der Waals surface area contributed by atoms with Crippen LogP contribution in [0.3, 0.4) is 0 Å². The van der Waals surface area contributed by atoms with Crippen LogP contribution in [0.1, 0.15) is 41.7 Å². The molecular weight excluding hydrogens is 387 g/mol. The van der Waals surface area contributed by atoms with Crippen molar-refractivity contribution in [2.75, 3.05) is 11.9 Å². The quantitative estimate of drug-likeness (QED) is 0.505. The average Bonchev–Trinajstić information content (AvgIpc) is 2.72. The summed E-state index contributed by atoms with van der Waals surface area (Å²) < 4.78 is 13.4. The van der Waals surface area contributed by atoms with Gasteiger partial charge in [0.2, 0.25) is 0 Å². The summed E-state index contributed by atoms with van der Waals surface area (Å²) in [4.78, 5) is 6.09. The van der Waals surface area contributed by atoms with E-state index < -0.39 is 6.29 Å². The third kappa shape index (κ3) is 4.78. The van der Waals surface area contributed by atoms with E-state index in [0.717, 1.165) is 29.1 Å². The van der Waals surface area contributed by atoms with Crippen LogP contribution in [-0.2, 0) is 6.42 Å². The number of hydrogen-bond acceptors (Lipinski definition) is 5. The van der Waals surface area contributed by atoms with Crippen molar-refractivity contribution in [1.29, 1.82) is 0 Å². The second-order valence-corrected chi connectivity index (χ2v) is 8.37. The second-order valence-electron chi connectivity index (χ2n) is 7.23. The zero-order valence-corrected chi connectivity index (χ0v) is 16.7. The molecule has 0 saturated heterocycles. The summed E-state index contributed by atoms with van der Waals surface area (Å²) in [6.45, 7) is 0.703. The predicted octanol–water partition coefficient (Wildman–Crippen LogP) is 4.89. The van der Waals surface area contributed by atoms with Crippen molar-refractivity contribution in [3.05, 3.63) is 83.4 Å². The Morgan fingerprint density at radius 2 is 2.00 bits per heavy atom. The summed E-state index contributed by atoms with van der Waals surface area (Å²) in [5.74, 6) is 0.123. The molecule has 0 unspecified atom stereocenters. The molecule has 1 aliphatic carbocycles. The van der Waals surface area contributed by atoms with Crippen molar-refractivity contribution in [3.63, 3.8) is 0 Å². The Morgan fingerprint density at radius 1 is 1.14 bits per heavy atom. The lowest BCUT2D eigenvalue weighted by Gasteiger charge is -2.27. The highest BCUT2D eigenvalue weighted by molar-refractivity contribution is 7.99. The molecule has 4 rings (SSSR count). The highest BCUT2D eigenvalue weighted by Crippen LogP contribution is 2.36. The van der Waals surface area contributed by atoms with E-state index in [0.29, 0.717) is 23.7 Å². The number of anilines is 1. The summed E-state index contributed by atoms with van der Waals surface area (Å²) in [6, 6.07) is 14.7. The van der Waals surface area contributed by atoms with E-state index in [1.807, 2.05) is 6.07 Å². The Balaban J connectivity index is 1.49. The first-order valence-corrected chi connectivity index (χ1v) is 10.5. The van der Waals surface area contributed by atoms with Gasteiger partial charge in [-0.05, 0) is 66.8 Å². The number of aliphatic hydroxyl groups is 2. The molecule has 3 N–H and O–H groups in total. The van der Waals surface area contributed by atoms with Crippen LogP contribution < -0.4 is 5.32 Å². The van der Waals surface area contributed by atoms with Gasteiger partial charge in [0.25, 0.3) is 0 Å². The zero-order chi connectivity index (χ0) is 20.2. The van der Waals surface area contributed by atoms with Crippen LogP contribution in [0.25, 0.3) is 0 Å². The predicted molar refractivity (Wildman–Crippen MR) is 113 cm³/mol. The molecule has 150 valence electrons. The molecule has 6 heteroatoms. The first-order valence-electron chi connectivity index (χ1n) is 9.70. The summed E-state index contributed by atoms with van der Waals surface area (Å²) >= 11 is 1.57. The van der Waals surface area contributed by atoms with Gasteiger partial charge in [0.05, 0.1) is 11.9 Å². The molecule has 1 aliphatic rings. The van der Waals surface area contributed by atoms with Gasteiger partial charge in [-0.3, -0.25) is 4.98 Å². The number of rotatable bonds is 6. The molecule has 2 aromatic carbocycles. The van der Waals surface area contributed by atoms with E-state index >= 15 is 0 Å². The molecular formula is C23H23FN2O2S. The number of fused-ring (bicyclic) bond motifs is 1. The van der Waals surface area contributed by atoms with Gasteiger partial charge >= 0.3 is 0 Å². The minimum absolute atomic E-state index is 0.220. The highest BCUT2D eigenvalue weighted by Gasteiger charge is 2.21. The lowest BCUT2D eigenvalue weighted by atomic mass is 9.83. The first-order chi connectivity index (χ1) is 14.1. The lowest BCUT2D eigenvalue weighted by molar-refractivity contribution is -0.0419. The number of halogens is 1. The van der Waals surface area contributed by atoms with E-state index in [-0.39, 0.29) is 5.82 Å². The molecule has 4 nitrogen and oxygen atoms in total. The first kappa shape index (κ1) is 19.9. The van der Waals surface area contributed by atoms with Crippen molar-refractivity contribution in [2.24, 2.45) is 0 Å². The third-order valence-electron chi connectivity index (χ3n) is 5.26. The monoisotopic (exact) mass is 410 g/mol. The maximum absolute atomic E-state index is 13.4. The molecule has 0 spiro atoms. The van der Waals surface area contributed by atoms with Crippen LogP contribution in [0, 0.1) is 5.82 Å². The van der Waals surface area contributed by atoms with E-state index in [2.05, 4.69) is 28.5 Å². The zero-order valence-electron chi connectivity index (χ0n) is 15.9. The average molecular weight is 411 g/mol. The number of aromatic nitrogens is 1. The van der Waals surface area contributed by atoms with E-state index in [1.165, 1.54) is 17.2 Å². The van der Waals surface area contributed by atoms with Crippen LogP contribution in [0.15, 0.2) is 70.7 Å². The van der Waals surface area contributed by atoms with Crippen LogP contribution in [0.5, 0.6) is 0 Å². The minimum atomic E-state index is -1.53.